The molecule has 3 atom stereocenters. The molecule has 8 nitrogen and oxygen atoms in total. The maximum absolute atomic E-state index is 12.7. The van der Waals surface area contributed by atoms with Crippen LogP contribution >= 0.6 is 7.82 Å². The second-order valence-electron chi connectivity index (χ2n) is 12.9. The van der Waals surface area contributed by atoms with E-state index in [-0.39, 0.29) is 19.1 Å². The number of nitrogens with one attached hydrogen (secondary N) is 1. The van der Waals surface area contributed by atoms with E-state index in [1.54, 1.807) is 6.08 Å². The van der Waals surface area contributed by atoms with Gasteiger partial charge in [0.2, 0.25) is 5.91 Å². The van der Waals surface area contributed by atoms with Gasteiger partial charge in [-0.05, 0) is 44.9 Å². The number of aliphatic hydroxyl groups excluding tert-OH is 1. The van der Waals surface area contributed by atoms with Gasteiger partial charge in [0.15, 0.2) is 0 Å². The van der Waals surface area contributed by atoms with E-state index in [0.29, 0.717) is 17.4 Å². The number of nitrogens with zero attached hydrogens (tertiary/aromatic N) is 1. The second kappa shape index (κ2) is 27.3. The van der Waals surface area contributed by atoms with Crippen molar-refractivity contribution in [3.63, 3.8) is 0 Å². The van der Waals surface area contributed by atoms with Gasteiger partial charge in [0.25, 0.3) is 0 Å². The Labute approximate surface area is 264 Å². The summed E-state index contributed by atoms with van der Waals surface area (Å²) in [4.78, 5) is 22.7. The van der Waals surface area contributed by atoms with E-state index in [1.807, 2.05) is 27.2 Å². The third kappa shape index (κ3) is 29.5. The molecule has 1 amide bonds. The number of quaternary nitrogens is 1. The number of hydrogen-bond acceptors (Lipinski definition) is 5. The average molecular weight is 632 g/mol. The summed E-state index contributed by atoms with van der Waals surface area (Å²) in [7, 11) is 1.56. The number of allylic oxidation sites excluding steroid dienone is 3. The lowest BCUT2D eigenvalue weighted by atomic mass is 10.1. The normalized spacial score (nSPS) is 15.2. The van der Waals surface area contributed by atoms with Crippen molar-refractivity contribution in [1.29, 1.82) is 0 Å². The molecule has 0 aliphatic heterocycles. The maximum atomic E-state index is 12.7. The first-order valence-corrected chi connectivity index (χ1v) is 18.7. The van der Waals surface area contributed by atoms with Gasteiger partial charge >= 0.3 is 7.82 Å². The van der Waals surface area contributed by atoms with Crippen molar-refractivity contribution in [2.45, 2.75) is 148 Å². The Balaban J connectivity index is 4.36. The minimum atomic E-state index is -4.31. The summed E-state index contributed by atoms with van der Waals surface area (Å²) >= 11 is 0. The number of aliphatic hydroxyl groups is 1. The molecule has 0 aromatic heterocycles. The van der Waals surface area contributed by atoms with Gasteiger partial charge in [-0.25, -0.2) is 4.57 Å². The van der Waals surface area contributed by atoms with Crippen LogP contribution in [0, 0.1) is 0 Å². The number of rotatable bonds is 30. The molecule has 0 aliphatic carbocycles. The Morgan fingerprint density at radius 1 is 0.767 bits per heavy atom. The molecular formula is C34H68N2O6P+. The summed E-state index contributed by atoms with van der Waals surface area (Å²) in [6, 6.07) is -0.842. The minimum absolute atomic E-state index is 0.0593. The van der Waals surface area contributed by atoms with E-state index < -0.39 is 20.0 Å². The third-order valence-electron chi connectivity index (χ3n) is 7.42. The van der Waals surface area contributed by atoms with Gasteiger partial charge in [-0.15, -0.1) is 0 Å². The monoisotopic (exact) mass is 631 g/mol. The molecule has 0 aromatic carbocycles. The molecular weight excluding hydrogens is 563 g/mol. The highest BCUT2D eigenvalue weighted by atomic mass is 31.2. The van der Waals surface area contributed by atoms with Crippen LogP contribution in [0.2, 0.25) is 0 Å². The Morgan fingerprint density at radius 3 is 1.84 bits per heavy atom. The fourth-order valence-electron chi connectivity index (χ4n) is 4.56. The molecule has 3 unspecified atom stereocenters. The molecule has 0 saturated heterocycles. The highest BCUT2D eigenvalue weighted by Gasteiger charge is 2.27. The van der Waals surface area contributed by atoms with Crippen molar-refractivity contribution in [1.82, 2.24) is 5.32 Å². The highest BCUT2D eigenvalue weighted by molar-refractivity contribution is 7.47. The molecule has 0 aromatic rings. The maximum Gasteiger partial charge on any atom is 0.472 e. The van der Waals surface area contributed by atoms with Crippen LogP contribution in [0.4, 0.5) is 0 Å². The summed E-state index contributed by atoms with van der Waals surface area (Å²) in [6.45, 7) is 4.66. The van der Waals surface area contributed by atoms with Crippen molar-refractivity contribution in [2.75, 3.05) is 40.9 Å². The Kier molecular flexibility index (Phi) is 26.7. The fraction of sp³-hybridized carbons (Fsp3) is 0.853. The second-order valence-corrected chi connectivity index (χ2v) is 14.3. The van der Waals surface area contributed by atoms with Gasteiger partial charge in [-0.2, -0.15) is 0 Å². The van der Waals surface area contributed by atoms with Crippen LogP contribution in [0.1, 0.15) is 136 Å². The van der Waals surface area contributed by atoms with Crippen LogP contribution < -0.4 is 5.32 Å². The molecule has 3 N–H and O–H groups in total. The van der Waals surface area contributed by atoms with E-state index in [0.717, 1.165) is 57.8 Å². The van der Waals surface area contributed by atoms with Gasteiger partial charge in [0.05, 0.1) is 39.9 Å². The van der Waals surface area contributed by atoms with Crippen molar-refractivity contribution < 1.29 is 32.9 Å². The first kappa shape index (κ1) is 42.0. The standard InChI is InChI=1S/C34H67N2O6P/c1-6-8-10-12-13-14-15-16-17-18-19-20-21-22-24-26-28-34(38)35-32(33(37)27-25-23-11-9-7-2)31-42-43(39,40)41-30-29-36(3,4)5/h17-18,25,27,32-33,37H,6-16,19-24,26,28-31H2,1-5H3,(H-,35,38,39,40)/p+1/b18-17-,27-25+. The van der Waals surface area contributed by atoms with Crippen LogP contribution in [-0.2, 0) is 18.4 Å². The SMILES string of the molecule is CCCCC/C=C/C(O)C(COP(=O)(O)OCC[N+](C)(C)C)NC(=O)CCCCCCC/C=C\CCCCCCCCC. The fourth-order valence-corrected chi connectivity index (χ4v) is 5.30. The van der Waals surface area contributed by atoms with Crippen molar-refractivity contribution in [3.05, 3.63) is 24.3 Å². The van der Waals surface area contributed by atoms with Gasteiger partial charge in [-0.1, -0.05) is 109 Å². The molecule has 0 spiro atoms. The number of phosphoric ester groups is 1. The number of hydrogen-bond donors (Lipinski definition) is 3. The summed E-state index contributed by atoms with van der Waals surface area (Å²) in [5.74, 6) is -0.195. The minimum Gasteiger partial charge on any atom is -0.387 e. The number of carbonyl (C=O) groups is 1. The van der Waals surface area contributed by atoms with Crippen LogP contribution in [0.25, 0.3) is 0 Å². The molecule has 43 heavy (non-hydrogen) atoms. The molecule has 254 valence electrons. The van der Waals surface area contributed by atoms with Crippen LogP contribution in [0.3, 0.4) is 0 Å². The number of amides is 1. The smallest absolute Gasteiger partial charge is 0.387 e. The molecule has 0 bridgehead atoms. The number of phosphoric acid groups is 1. The van der Waals surface area contributed by atoms with Crippen molar-refractivity contribution in [3.8, 4) is 0 Å². The van der Waals surface area contributed by atoms with Gasteiger partial charge < -0.3 is 19.8 Å². The molecule has 0 rings (SSSR count). The van der Waals surface area contributed by atoms with E-state index in [1.165, 1.54) is 57.8 Å². The zero-order valence-corrected chi connectivity index (χ0v) is 29.3. The quantitative estimate of drug-likeness (QED) is 0.0319. The first-order chi connectivity index (χ1) is 20.5. The van der Waals surface area contributed by atoms with E-state index in [2.05, 4.69) is 31.3 Å². The third-order valence-corrected chi connectivity index (χ3v) is 8.40. The summed E-state index contributed by atoms with van der Waals surface area (Å²) in [5, 5.41) is 13.5. The summed E-state index contributed by atoms with van der Waals surface area (Å²) in [5.41, 5.74) is 0. The van der Waals surface area contributed by atoms with E-state index in [9.17, 15) is 19.4 Å². The molecule has 9 heteroatoms. The molecule has 0 fully saturated rings. The average Bonchev–Trinajstić information content (AvgIpc) is 2.94. The van der Waals surface area contributed by atoms with Gasteiger partial charge in [0.1, 0.15) is 13.2 Å². The largest absolute Gasteiger partial charge is 0.472 e. The van der Waals surface area contributed by atoms with Crippen LogP contribution in [-0.4, -0.2) is 73.4 Å². The zero-order valence-electron chi connectivity index (χ0n) is 28.4. The van der Waals surface area contributed by atoms with Crippen LogP contribution in [0.15, 0.2) is 24.3 Å². The topological polar surface area (TPSA) is 105 Å². The molecule has 0 radical (unpaired) electrons. The Morgan fingerprint density at radius 2 is 1.26 bits per heavy atom. The number of likely N-dealkylation sites (N-methyl/N-ethyl adjacent to an activating group) is 1. The molecule has 0 aliphatic rings. The Hall–Kier alpha value is -1.02. The Bertz CT molecular complexity index is 768. The first-order valence-electron chi connectivity index (χ1n) is 17.2. The van der Waals surface area contributed by atoms with E-state index in [4.69, 9.17) is 9.05 Å². The van der Waals surface area contributed by atoms with Crippen molar-refractivity contribution >= 4 is 13.7 Å². The van der Waals surface area contributed by atoms with Crippen LogP contribution in [0.5, 0.6) is 0 Å². The number of carbonyl (C=O) groups excluding carboxylic acids is 1. The molecule has 0 saturated carbocycles. The predicted octanol–water partition coefficient (Wildman–Crippen LogP) is 8.24. The van der Waals surface area contributed by atoms with Gasteiger partial charge in [-0.3, -0.25) is 13.8 Å². The predicted molar refractivity (Wildman–Crippen MR) is 180 cm³/mol. The lowest BCUT2D eigenvalue weighted by Gasteiger charge is -2.25. The molecule has 0 heterocycles. The van der Waals surface area contributed by atoms with Gasteiger partial charge in [0, 0.05) is 6.42 Å². The zero-order chi connectivity index (χ0) is 32.2. The van der Waals surface area contributed by atoms with E-state index >= 15 is 0 Å². The summed E-state index contributed by atoms with van der Waals surface area (Å²) < 4.78 is 23.2. The summed E-state index contributed by atoms with van der Waals surface area (Å²) in [6.07, 6.45) is 28.5. The highest BCUT2D eigenvalue weighted by Crippen LogP contribution is 2.43. The number of unbranched alkanes of at least 4 members (excludes halogenated alkanes) is 15. The lowest BCUT2D eigenvalue weighted by Crippen LogP contribution is -2.45. The lowest BCUT2D eigenvalue weighted by molar-refractivity contribution is -0.870. The van der Waals surface area contributed by atoms with Crippen molar-refractivity contribution in [2.24, 2.45) is 0 Å².